The number of carboxylic acids is 1. The van der Waals surface area contributed by atoms with Crippen molar-refractivity contribution in [2.45, 2.75) is 58.1 Å². The summed E-state index contributed by atoms with van der Waals surface area (Å²) in [5.41, 5.74) is 5.94. The second-order valence-electron chi connectivity index (χ2n) is 5.80. The molecular weight excluding hydrogens is 322 g/mol. The zero-order chi connectivity index (χ0) is 19.2. The number of carbonyl (C=O) groups is 2. The summed E-state index contributed by atoms with van der Waals surface area (Å²) < 4.78 is 0. The van der Waals surface area contributed by atoms with Crippen LogP contribution < -0.4 is 11.6 Å². The lowest BCUT2D eigenvalue weighted by atomic mass is 10.1. The fourth-order valence-electron chi connectivity index (χ4n) is 2.15. The maximum atomic E-state index is 10.8. The fraction of sp³-hybridized carbons (Fsp3) is 0.556. The Labute approximate surface area is 149 Å². The zero-order valence-electron chi connectivity index (χ0n) is 15.1. The molecule has 0 fully saturated rings. The van der Waals surface area contributed by atoms with Crippen LogP contribution in [0.15, 0.2) is 30.3 Å². The summed E-state index contributed by atoms with van der Waals surface area (Å²) in [7, 11) is 0. The van der Waals surface area contributed by atoms with Crippen molar-refractivity contribution in [1.29, 1.82) is 0 Å². The molecule has 0 spiro atoms. The summed E-state index contributed by atoms with van der Waals surface area (Å²) in [5.74, 6) is 3.78. The second-order valence-corrected chi connectivity index (χ2v) is 5.80. The summed E-state index contributed by atoms with van der Waals surface area (Å²) in [5, 5.41) is 19.3. The molecule has 0 aliphatic rings. The first kappa shape index (κ1) is 23.0. The third-order valence-corrected chi connectivity index (χ3v) is 3.67. The van der Waals surface area contributed by atoms with Gasteiger partial charge in [0.2, 0.25) is 5.91 Å². The molecule has 2 atom stereocenters. The van der Waals surface area contributed by atoms with Gasteiger partial charge in [-0.25, -0.2) is 5.01 Å². The molecule has 0 saturated carbocycles. The Kier molecular flexibility index (Phi) is 12.3. The topological polar surface area (TPSA) is 130 Å². The Hall–Kier alpha value is -1.96. The zero-order valence-corrected chi connectivity index (χ0v) is 15.1. The predicted octanol–water partition coefficient (Wildman–Crippen LogP) is 1.81. The van der Waals surface area contributed by atoms with Crippen molar-refractivity contribution >= 4 is 11.9 Å². The van der Waals surface area contributed by atoms with E-state index in [1.165, 1.54) is 5.01 Å². The lowest BCUT2D eigenvalue weighted by Gasteiger charge is -2.22. The Morgan fingerprint density at radius 2 is 1.76 bits per heavy atom. The number of hydrogen-bond donors (Lipinski definition) is 4. The number of aliphatic carboxylic acids is 1. The second kappa shape index (κ2) is 13.3. The molecule has 0 heterocycles. The molecule has 0 aromatic heterocycles. The van der Waals surface area contributed by atoms with Crippen LogP contribution in [0, 0.1) is 0 Å². The SMILES string of the molecule is CCC(O)c1ccccc1.CCCCCN(N)C(CC(N)=O)C(=O)O. The molecule has 0 radical (unpaired) electrons. The van der Waals surface area contributed by atoms with E-state index in [2.05, 4.69) is 0 Å². The molecule has 0 aliphatic carbocycles. The van der Waals surface area contributed by atoms with E-state index in [-0.39, 0.29) is 12.5 Å². The number of unbranched alkanes of at least 4 members (excludes halogenated alkanes) is 2. The molecule has 6 N–H and O–H groups in total. The summed E-state index contributed by atoms with van der Waals surface area (Å²) in [6.45, 7) is 4.47. The van der Waals surface area contributed by atoms with E-state index in [1.54, 1.807) is 0 Å². The average molecular weight is 353 g/mol. The van der Waals surface area contributed by atoms with Crippen molar-refractivity contribution in [1.82, 2.24) is 5.01 Å². The lowest BCUT2D eigenvalue weighted by Crippen LogP contribution is -2.48. The molecule has 25 heavy (non-hydrogen) atoms. The Bertz CT molecular complexity index is 496. The van der Waals surface area contributed by atoms with Crippen molar-refractivity contribution in [2.75, 3.05) is 6.54 Å². The van der Waals surface area contributed by atoms with Crippen LogP contribution in [0.5, 0.6) is 0 Å². The van der Waals surface area contributed by atoms with Crippen LogP contribution >= 0.6 is 0 Å². The van der Waals surface area contributed by atoms with Crippen molar-refractivity contribution in [3.05, 3.63) is 35.9 Å². The maximum absolute atomic E-state index is 10.8. The summed E-state index contributed by atoms with van der Waals surface area (Å²) in [6, 6.07) is 8.69. The largest absolute Gasteiger partial charge is 0.480 e. The van der Waals surface area contributed by atoms with Crippen LogP contribution in [0.1, 0.15) is 57.6 Å². The van der Waals surface area contributed by atoms with E-state index in [0.717, 1.165) is 31.2 Å². The van der Waals surface area contributed by atoms with Crippen molar-refractivity contribution in [2.24, 2.45) is 11.6 Å². The summed E-state index contributed by atoms with van der Waals surface area (Å²) >= 11 is 0. The molecule has 1 aromatic rings. The van der Waals surface area contributed by atoms with Gasteiger partial charge in [-0.3, -0.25) is 15.4 Å². The first-order chi connectivity index (χ1) is 11.8. The van der Waals surface area contributed by atoms with E-state index in [9.17, 15) is 14.7 Å². The van der Waals surface area contributed by atoms with E-state index in [0.29, 0.717) is 6.54 Å². The van der Waals surface area contributed by atoms with Gasteiger partial charge in [0.1, 0.15) is 6.04 Å². The van der Waals surface area contributed by atoms with E-state index in [1.807, 2.05) is 44.2 Å². The highest BCUT2D eigenvalue weighted by Gasteiger charge is 2.24. The summed E-state index contributed by atoms with van der Waals surface area (Å²) in [4.78, 5) is 21.4. The van der Waals surface area contributed by atoms with Crippen LogP contribution in [-0.2, 0) is 9.59 Å². The molecule has 1 rings (SSSR count). The molecule has 2 unspecified atom stereocenters. The number of aliphatic hydroxyl groups excluding tert-OH is 1. The van der Waals surface area contributed by atoms with Crippen LogP contribution in [0.2, 0.25) is 0 Å². The van der Waals surface area contributed by atoms with Gasteiger partial charge in [-0.15, -0.1) is 0 Å². The molecule has 1 aromatic carbocycles. The highest BCUT2D eigenvalue weighted by Crippen LogP contribution is 2.14. The van der Waals surface area contributed by atoms with Gasteiger partial charge >= 0.3 is 5.97 Å². The molecule has 7 heteroatoms. The number of hydrazine groups is 1. The number of carboxylic acid groups (broad SMARTS) is 1. The van der Waals surface area contributed by atoms with E-state index < -0.39 is 17.9 Å². The molecular formula is C18H31N3O4. The number of hydrogen-bond acceptors (Lipinski definition) is 5. The highest BCUT2D eigenvalue weighted by molar-refractivity contribution is 5.83. The molecule has 1 amide bonds. The van der Waals surface area contributed by atoms with Crippen LogP contribution in [0.25, 0.3) is 0 Å². The van der Waals surface area contributed by atoms with E-state index >= 15 is 0 Å². The minimum absolute atomic E-state index is 0.252. The molecule has 0 aliphatic heterocycles. The number of benzene rings is 1. The molecule has 0 bridgehead atoms. The Morgan fingerprint density at radius 1 is 1.16 bits per heavy atom. The van der Waals surface area contributed by atoms with Crippen LogP contribution in [0.3, 0.4) is 0 Å². The average Bonchev–Trinajstić information content (AvgIpc) is 2.60. The van der Waals surface area contributed by atoms with Crippen LogP contribution in [-0.4, -0.2) is 39.7 Å². The van der Waals surface area contributed by atoms with Gasteiger partial charge in [-0.2, -0.15) is 0 Å². The minimum Gasteiger partial charge on any atom is -0.480 e. The van der Waals surface area contributed by atoms with Gasteiger partial charge in [0.15, 0.2) is 0 Å². The predicted molar refractivity (Wildman–Crippen MR) is 97.3 cm³/mol. The smallest absolute Gasteiger partial charge is 0.322 e. The monoisotopic (exact) mass is 353 g/mol. The van der Waals surface area contributed by atoms with E-state index in [4.69, 9.17) is 16.7 Å². The molecule has 0 saturated heterocycles. The third kappa shape index (κ3) is 10.5. The number of aliphatic hydroxyl groups is 1. The maximum Gasteiger partial charge on any atom is 0.322 e. The Morgan fingerprint density at radius 3 is 2.20 bits per heavy atom. The van der Waals surface area contributed by atoms with Gasteiger partial charge in [0.25, 0.3) is 0 Å². The number of primary amides is 1. The van der Waals surface area contributed by atoms with Crippen molar-refractivity contribution in [3.8, 4) is 0 Å². The minimum atomic E-state index is -1.12. The van der Waals surface area contributed by atoms with Crippen molar-refractivity contribution in [3.63, 3.8) is 0 Å². The molecule has 7 nitrogen and oxygen atoms in total. The molecule has 142 valence electrons. The standard InChI is InChI=1S/C9H19N3O3.C9H12O/c1-2-3-4-5-12(11)7(9(14)15)6-8(10)13;1-2-9(10)8-6-4-3-5-7-8/h7H,2-6,11H2,1H3,(H2,10,13)(H,14,15);3-7,9-10H,2H2,1H3. The number of rotatable bonds is 10. The third-order valence-electron chi connectivity index (χ3n) is 3.67. The number of nitrogens with two attached hydrogens (primary N) is 2. The quantitative estimate of drug-likeness (QED) is 0.288. The van der Waals surface area contributed by atoms with Crippen LogP contribution in [0.4, 0.5) is 0 Å². The first-order valence-corrected chi connectivity index (χ1v) is 8.58. The normalized spacial score (nSPS) is 12.8. The van der Waals surface area contributed by atoms with Crippen molar-refractivity contribution < 1.29 is 19.8 Å². The van der Waals surface area contributed by atoms with Gasteiger partial charge in [-0.05, 0) is 18.4 Å². The summed E-state index contributed by atoms with van der Waals surface area (Å²) in [6.07, 6.45) is 3.07. The first-order valence-electron chi connectivity index (χ1n) is 8.58. The highest BCUT2D eigenvalue weighted by atomic mass is 16.4. The van der Waals surface area contributed by atoms with Gasteiger partial charge in [0.05, 0.1) is 12.5 Å². The number of carbonyl (C=O) groups excluding carboxylic acids is 1. The van der Waals surface area contributed by atoms with Gasteiger partial charge in [0, 0.05) is 6.54 Å². The van der Waals surface area contributed by atoms with Gasteiger partial charge < -0.3 is 15.9 Å². The van der Waals surface area contributed by atoms with Gasteiger partial charge in [-0.1, -0.05) is 57.0 Å². The fourth-order valence-corrected chi connectivity index (χ4v) is 2.15. The Balaban J connectivity index is 0.000000496. The number of amides is 1. The number of nitrogens with zero attached hydrogens (tertiary/aromatic N) is 1. The lowest BCUT2D eigenvalue weighted by molar-refractivity contribution is -0.145.